The Hall–Kier alpha value is -2.68. The van der Waals surface area contributed by atoms with Gasteiger partial charge in [0.15, 0.2) is 5.65 Å². The molecule has 0 radical (unpaired) electrons. The van der Waals surface area contributed by atoms with Gasteiger partial charge in [-0.25, -0.2) is 9.67 Å². The lowest BCUT2D eigenvalue weighted by atomic mass is 10.1. The quantitative estimate of drug-likeness (QED) is 0.691. The molecule has 5 rings (SSSR count). The van der Waals surface area contributed by atoms with E-state index in [4.69, 9.17) is 19.6 Å². The van der Waals surface area contributed by atoms with Crippen molar-refractivity contribution < 1.29 is 9.47 Å². The van der Waals surface area contributed by atoms with Crippen LogP contribution in [0, 0.1) is 13.8 Å². The Kier molecular flexibility index (Phi) is 4.38. The Morgan fingerprint density at radius 1 is 1.11 bits per heavy atom. The van der Waals surface area contributed by atoms with Crippen molar-refractivity contribution in [1.82, 2.24) is 29.5 Å². The summed E-state index contributed by atoms with van der Waals surface area (Å²) in [6.07, 6.45) is 5.74. The highest BCUT2D eigenvalue weighted by Gasteiger charge is 2.24. The van der Waals surface area contributed by atoms with E-state index in [9.17, 15) is 0 Å². The van der Waals surface area contributed by atoms with Gasteiger partial charge >= 0.3 is 0 Å². The Morgan fingerprint density at radius 3 is 2.96 bits per heavy atom. The molecule has 0 aromatic carbocycles. The number of anilines is 2. The van der Waals surface area contributed by atoms with Crippen LogP contribution in [0.25, 0.3) is 11.0 Å². The van der Waals surface area contributed by atoms with Gasteiger partial charge in [0.05, 0.1) is 29.4 Å². The minimum absolute atomic E-state index is 0.320. The van der Waals surface area contributed by atoms with E-state index in [0.717, 1.165) is 73.6 Å². The lowest BCUT2D eigenvalue weighted by molar-refractivity contribution is 0.141. The molecule has 0 saturated carbocycles. The maximum absolute atomic E-state index is 6.06. The maximum Gasteiger partial charge on any atom is 0.257 e. The summed E-state index contributed by atoms with van der Waals surface area (Å²) >= 11 is 0. The highest BCUT2D eigenvalue weighted by Crippen LogP contribution is 2.34. The molecule has 0 aliphatic carbocycles. The number of aryl methyl sites for hydroxylation is 2. The number of hydrogen-bond acceptors (Lipinski definition) is 7. The fourth-order valence-corrected chi connectivity index (χ4v) is 4.04. The second-order valence-electron chi connectivity index (χ2n) is 7.47. The van der Waals surface area contributed by atoms with Crippen LogP contribution in [0.1, 0.15) is 43.1 Å². The summed E-state index contributed by atoms with van der Waals surface area (Å²) < 4.78 is 15.7. The second kappa shape index (κ2) is 7.05. The first kappa shape index (κ1) is 17.4. The molecule has 2 aliphatic heterocycles. The number of nitrogens with one attached hydrogen (secondary N) is 1. The van der Waals surface area contributed by atoms with E-state index in [1.807, 2.05) is 17.8 Å². The number of ether oxygens (including phenoxy) is 2. The monoisotopic (exact) mass is 383 g/mol. The molecule has 9 heteroatoms. The minimum Gasteiger partial charge on any atom is -0.475 e. The molecule has 0 unspecified atom stereocenters. The molecule has 1 N–H and O–H groups in total. The normalized spacial score (nSPS) is 20.1. The van der Waals surface area contributed by atoms with E-state index in [2.05, 4.69) is 27.0 Å². The summed E-state index contributed by atoms with van der Waals surface area (Å²) in [6.45, 7) is 6.97. The Labute approximate surface area is 163 Å². The van der Waals surface area contributed by atoms with E-state index >= 15 is 0 Å². The summed E-state index contributed by atoms with van der Waals surface area (Å²) in [5.74, 6) is 1.15. The van der Waals surface area contributed by atoms with Crippen LogP contribution in [-0.2, 0) is 11.3 Å². The molecule has 5 heterocycles. The maximum atomic E-state index is 6.06. The van der Waals surface area contributed by atoms with Gasteiger partial charge in [-0.2, -0.15) is 10.1 Å². The molecule has 3 aromatic heterocycles. The van der Waals surface area contributed by atoms with Gasteiger partial charge in [-0.3, -0.25) is 4.68 Å². The van der Waals surface area contributed by atoms with E-state index in [1.165, 1.54) is 0 Å². The fraction of sp³-hybridized carbons (Fsp3) is 0.579. The van der Waals surface area contributed by atoms with Crippen molar-refractivity contribution in [3.8, 4) is 5.88 Å². The first-order valence-electron chi connectivity index (χ1n) is 9.97. The highest BCUT2D eigenvalue weighted by molar-refractivity contribution is 5.79. The number of nitrogens with zero attached hydrogens (tertiary/aromatic N) is 6. The van der Waals surface area contributed by atoms with Gasteiger partial charge < -0.3 is 14.8 Å². The Morgan fingerprint density at radius 2 is 2.04 bits per heavy atom. The first-order chi connectivity index (χ1) is 13.7. The van der Waals surface area contributed by atoms with Crippen LogP contribution in [0.15, 0.2) is 6.20 Å². The number of aromatic nitrogens is 6. The number of rotatable bonds is 1. The third kappa shape index (κ3) is 2.99. The zero-order chi connectivity index (χ0) is 19.1. The minimum atomic E-state index is 0.320. The van der Waals surface area contributed by atoms with Gasteiger partial charge in [-0.1, -0.05) is 0 Å². The van der Waals surface area contributed by atoms with Crippen molar-refractivity contribution in [3.63, 3.8) is 0 Å². The van der Waals surface area contributed by atoms with Crippen LogP contribution in [0.3, 0.4) is 0 Å². The van der Waals surface area contributed by atoms with Crippen LogP contribution in [-0.4, -0.2) is 49.3 Å². The van der Waals surface area contributed by atoms with Crippen LogP contribution >= 0.6 is 0 Å². The van der Waals surface area contributed by atoms with E-state index < -0.39 is 0 Å². The second-order valence-corrected chi connectivity index (χ2v) is 7.47. The smallest absolute Gasteiger partial charge is 0.257 e. The average Bonchev–Trinajstić information content (AvgIpc) is 3.01. The Bertz CT molecular complexity index is 1000. The number of fused-ring (bicyclic) bond motifs is 2. The fourth-order valence-electron chi connectivity index (χ4n) is 4.04. The molecule has 3 aromatic rings. The van der Waals surface area contributed by atoms with Crippen LogP contribution in [0.2, 0.25) is 0 Å². The predicted molar refractivity (Wildman–Crippen MR) is 104 cm³/mol. The van der Waals surface area contributed by atoms with Crippen LogP contribution in [0.4, 0.5) is 11.6 Å². The van der Waals surface area contributed by atoms with Gasteiger partial charge in [0.1, 0.15) is 5.69 Å². The zero-order valence-electron chi connectivity index (χ0n) is 16.3. The largest absolute Gasteiger partial charge is 0.475 e. The molecular weight excluding hydrogens is 358 g/mol. The topological polar surface area (TPSA) is 91.9 Å². The van der Waals surface area contributed by atoms with Gasteiger partial charge in [-0.15, -0.1) is 5.10 Å². The zero-order valence-corrected chi connectivity index (χ0v) is 16.3. The molecule has 0 spiro atoms. The summed E-state index contributed by atoms with van der Waals surface area (Å²) in [5.41, 5.74) is 3.67. The molecule has 148 valence electrons. The SMILES string of the molecule is Cc1nn2c3nc(ncc13)Nc1c(nn([C@H]3CCCOCC3)c1C)OCCC2. The van der Waals surface area contributed by atoms with Crippen LogP contribution < -0.4 is 10.1 Å². The highest BCUT2D eigenvalue weighted by atomic mass is 16.5. The van der Waals surface area contributed by atoms with E-state index in [0.29, 0.717) is 24.5 Å². The standard InChI is InChI=1S/C19H25N7O2/c1-12-15-11-20-19-21-16-13(2)26(14-5-3-8-27-10-6-14)24-18(16)28-9-4-7-25(23-12)17(15)22-19/h11,14H,3-10H2,1-2H3,(H,20,21,22)/t14-/m0/s1. The van der Waals surface area contributed by atoms with Crippen molar-refractivity contribution in [1.29, 1.82) is 0 Å². The first-order valence-corrected chi connectivity index (χ1v) is 9.97. The summed E-state index contributed by atoms with van der Waals surface area (Å²) in [7, 11) is 0. The lowest BCUT2D eigenvalue weighted by Crippen LogP contribution is -2.13. The molecule has 28 heavy (non-hydrogen) atoms. The predicted octanol–water partition coefficient (Wildman–Crippen LogP) is 2.91. The van der Waals surface area contributed by atoms with E-state index in [1.54, 1.807) is 0 Å². The van der Waals surface area contributed by atoms with Gasteiger partial charge in [0.2, 0.25) is 5.95 Å². The van der Waals surface area contributed by atoms with E-state index in [-0.39, 0.29) is 0 Å². The molecule has 1 atom stereocenters. The molecule has 2 bridgehead atoms. The van der Waals surface area contributed by atoms with Crippen molar-refractivity contribution in [3.05, 3.63) is 17.6 Å². The summed E-state index contributed by atoms with van der Waals surface area (Å²) in [4.78, 5) is 9.22. The summed E-state index contributed by atoms with van der Waals surface area (Å²) in [5, 5.41) is 13.7. The third-order valence-corrected chi connectivity index (χ3v) is 5.55. The molecule has 1 saturated heterocycles. The van der Waals surface area contributed by atoms with Gasteiger partial charge in [0.25, 0.3) is 5.88 Å². The molecule has 9 nitrogen and oxygen atoms in total. The van der Waals surface area contributed by atoms with Crippen molar-refractivity contribution in [2.75, 3.05) is 25.1 Å². The third-order valence-electron chi connectivity index (χ3n) is 5.55. The molecular formula is C19H25N7O2. The number of hydrogen-bond donors (Lipinski definition) is 1. The summed E-state index contributed by atoms with van der Waals surface area (Å²) in [6, 6.07) is 0.320. The van der Waals surface area contributed by atoms with Crippen molar-refractivity contribution in [2.45, 2.75) is 52.1 Å². The average molecular weight is 383 g/mol. The van der Waals surface area contributed by atoms with Gasteiger partial charge in [-0.05, 0) is 33.1 Å². The van der Waals surface area contributed by atoms with Crippen molar-refractivity contribution >= 4 is 22.7 Å². The lowest BCUT2D eigenvalue weighted by Gasteiger charge is -2.16. The van der Waals surface area contributed by atoms with Gasteiger partial charge in [0, 0.05) is 32.4 Å². The van der Waals surface area contributed by atoms with Crippen LogP contribution in [0.5, 0.6) is 5.88 Å². The van der Waals surface area contributed by atoms with Crippen molar-refractivity contribution in [2.24, 2.45) is 0 Å². The molecule has 2 aliphatic rings. The Balaban J connectivity index is 1.56. The molecule has 1 fully saturated rings. The molecule has 0 amide bonds.